The summed E-state index contributed by atoms with van der Waals surface area (Å²) in [6.07, 6.45) is 1.18. The minimum atomic E-state index is -4.72. The first-order valence-electron chi connectivity index (χ1n) is 23.9. The molecule has 0 radical (unpaired) electrons. The third kappa shape index (κ3) is 22.9. The largest absolute Gasteiger partial charge is 0.481 e. The van der Waals surface area contributed by atoms with E-state index in [0.717, 1.165) is 22.8 Å². The van der Waals surface area contributed by atoms with Crippen molar-refractivity contribution in [2.75, 3.05) is 24.6 Å². The number of rotatable bonds is 24. The second-order valence-electron chi connectivity index (χ2n) is 17.0. The van der Waals surface area contributed by atoms with E-state index in [1.165, 1.54) is 36.4 Å². The SMILES string of the molecule is Cc1cc(Cc2nc(Cc3ccc(N=Nc4ccc(N=Nc5ccccc5)cc4S(=O)(=O)O)c(C)c3)nc(N(CCCOC=O)CCCC(=O)O)n2)ccc1N=Nc1ccc(N=Nc2ccc(S(=O)(=O)O)cc2)cc1.O=S(=O)=O.O=S(=O)=O. The Kier molecular flexibility index (Phi) is 24.4. The number of benzene rings is 6. The topological polar surface area (TPSA) is 416 Å². The van der Waals surface area contributed by atoms with E-state index < -0.39 is 52.3 Å². The number of carboxylic acid groups (broad SMARTS) is 1. The summed E-state index contributed by atoms with van der Waals surface area (Å²) in [6, 6.07) is 36.1. The van der Waals surface area contributed by atoms with Gasteiger partial charge in [-0.15, -0.1) is 30.4 Å². The van der Waals surface area contributed by atoms with Gasteiger partial charge in [0.25, 0.3) is 26.7 Å². The Hall–Kier alpha value is -9.47. The number of hydrogen-bond donors (Lipinski definition) is 3. The molecule has 3 N–H and O–H groups in total. The van der Waals surface area contributed by atoms with E-state index >= 15 is 0 Å². The van der Waals surface area contributed by atoms with Crippen LogP contribution in [-0.2, 0) is 68.6 Å². The van der Waals surface area contributed by atoms with E-state index in [0.29, 0.717) is 96.1 Å². The van der Waals surface area contributed by atoms with Crippen LogP contribution in [0.5, 0.6) is 0 Å². The number of carbonyl (C=O) groups is 2. The van der Waals surface area contributed by atoms with Gasteiger partial charge in [-0.1, -0.05) is 42.5 Å². The monoisotopic (exact) mass is 1210 g/mol. The molecule has 1 heterocycles. The number of carbonyl (C=O) groups excluding carboxylic acids is 1. The minimum Gasteiger partial charge on any atom is -0.481 e. The van der Waals surface area contributed by atoms with Crippen molar-refractivity contribution in [3.63, 3.8) is 0 Å². The molecule has 0 saturated heterocycles. The molecule has 0 atom stereocenters. The van der Waals surface area contributed by atoms with Crippen LogP contribution < -0.4 is 4.90 Å². The summed E-state index contributed by atoms with van der Waals surface area (Å²) in [4.78, 5) is 38.0. The van der Waals surface area contributed by atoms with Gasteiger partial charge in [-0.05, 0) is 140 Å². The number of nitrogens with zero attached hydrogens (tertiary/aromatic N) is 12. The Bertz CT molecular complexity index is 3970. The van der Waals surface area contributed by atoms with Gasteiger partial charge in [-0.2, -0.15) is 62.6 Å². The van der Waals surface area contributed by atoms with Crippen molar-refractivity contribution in [1.29, 1.82) is 0 Å². The summed E-state index contributed by atoms with van der Waals surface area (Å²) in [5.74, 6) is 0.228. The van der Waals surface area contributed by atoms with Crippen LogP contribution in [0.1, 0.15) is 53.2 Å². The molecular formula is C51H48N12O16S4. The number of aryl methyl sites for hydroxylation is 2. The first-order valence-corrected chi connectivity index (χ1v) is 28.8. The molecule has 28 nitrogen and oxygen atoms in total. The zero-order chi connectivity index (χ0) is 60.5. The van der Waals surface area contributed by atoms with Crippen molar-refractivity contribution < 1.29 is 70.6 Å². The summed E-state index contributed by atoms with van der Waals surface area (Å²) in [5, 5.41) is 43.2. The van der Waals surface area contributed by atoms with Crippen molar-refractivity contribution in [3.05, 3.63) is 167 Å². The van der Waals surface area contributed by atoms with Crippen molar-refractivity contribution in [2.45, 2.75) is 55.7 Å². The second-order valence-corrected chi connectivity index (χ2v) is 20.7. The van der Waals surface area contributed by atoms with Crippen LogP contribution in [0.4, 0.5) is 51.4 Å². The third-order valence-electron chi connectivity index (χ3n) is 10.9. The predicted molar refractivity (Wildman–Crippen MR) is 295 cm³/mol. The van der Waals surface area contributed by atoms with Crippen LogP contribution in [0.15, 0.2) is 184 Å². The summed E-state index contributed by atoms with van der Waals surface area (Å²) < 4.78 is 122. The molecule has 0 aliphatic heterocycles. The average molecular weight is 1210 g/mol. The Labute approximate surface area is 477 Å². The molecule has 7 aromatic rings. The molecule has 1 aromatic heterocycles. The molecule has 0 saturated carbocycles. The number of aliphatic carboxylic acids is 1. The molecule has 0 aliphatic rings. The third-order valence-corrected chi connectivity index (χ3v) is 12.6. The van der Waals surface area contributed by atoms with Crippen LogP contribution in [-0.4, -0.2) is 103 Å². The van der Waals surface area contributed by atoms with Crippen molar-refractivity contribution in [3.8, 4) is 0 Å². The fourth-order valence-corrected chi connectivity index (χ4v) is 8.31. The van der Waals surface area contributed by atoms with Gasteiger partial charge in [0.15, 0.2) is 0 Å². The summed E-state index contributed by atoms with van der Waals surface area (Å²) in [6.45, 7) is 4.87. The number of carboxylic acids is 1. The zero-order valence-electron chi connectivity index (χ0n) is 43.6. The van der Waals surface area contributed by atoms with Gasteiger partial charge in [-0.3, -0.25) is 18.7 Å². The molecular weight excluding hydrogens is 1160 g/mol. The molecule has 432 valence electrons. The van der Waals surface area contributed by atoms with Crippen molar-refractivity contribution in [2.24, 2.45) is 40.9 Å². The molecule has 83 heavy (non-hydrogen) atoms. The van der Waals surface area contributed by atoms with Gasteiger partial charge in [0.05, 0.1) is 51.3 Å². The smallest absolute Gasteiger partial charge is 0.425 e. The van der Waals surface area contributed by atoms with Crippen molar-refractivity contribution in [1.82, 2.24) is 15.0 Å². The molecule has 0 spiro atoms. The maximum absolute atomic E-state index is 12.4. The van der Waals surface area contributed by atoms with Gasteiger partial charge in [0, 0.05) is 32.4 Å². The molecule has 0 fully saturated rings. The number of ether oxygens (including phenoxy) is 1. The van der Waals surface area contributed by atoms with Gasteiger partial charge >= 0.3 is 27.2 Å². The van der Waals surface area contributed by atoms with Crippen molar-refractivity contribution >= 4 is 105 Å². The molecule has 0 aliphatic carbocycles. The average Bonchev–Trinajstić information content (AvgIpc) is 3.63. The quantitative estimate of drug-likeness (QED) is 0.0219. The highest BCUT2D eigenvalue weighted by molar-refractivity contribution is 7.86. The fraction of sp³-hybridized carbons (Fsp3) is 0.196. The van der Waals surface area contributed by atoms with E-state index in [1.807, 2.05) is 49.1 Å². The predicted octanol–water partition coefficient (Wildman–Crippen LogP) is 10.1. The standard InChI is InChI=1S/C51H48N12O10S2.2O3S/c1-34-28-36(11-22-44(34)60-58-40-15-13-39(14-16-40)56-57-41-17-20-43(21-18-41)74(67,68)69)30-48-52-49(54-51(53-48)63(25-6-10-50(65)66)26-7-27-73-33-64)31-37-12-23-45(35(2)29-37)61-62-46-24-19-42(32-47(46)75(70,71)72)59-55-38-8-4-3-5-9-38;2*1-4(2)3/h3-5,8-9,11-24,28-29,32-33H,6-7,10,25-27,30-31H2,1-2H3,(H,65,66)(H,67,68,69)(H,70,71,72);;. The Morgan fingerprint density at radius 1 is 0.542 bits per heavy atom. The lowest BCUT2D eigenvalue weighted by Crippen LogP contribution is -2.30. The number of azo groups is 4. The molecule has 32 heteroatoms. The van der Waals surface area contributed by atoms with Gasteiger partial charge in [-0.25, -0.2) is 4.98 Å². The maximum atomic E-state index is 12.4. The van der Waals surface area contributed by atoms with Crippen LogP contribution in [0.3, 0.4) is 0 Å². The first-order chi connectivity index (χ1) is 39.4. The Morgan fingerprint density at radius 2 is 0.964 bits per heavy atom. The van der Waals surface area contributed by atoms with Crippen LogP contribution in [0.25, 0.3) is 0 Å². The Balaban J connectivity index is 0.00000148. The van der Waals surface area contributed by atoms with Crippen LogP contribution in [0.2, 0.25) is 0 Å². The van der Waals surface area contributed by atoms with E-state index in [9.17, 15) is 40.6 Å². The lowest BCUT2D eigenvalue weighted by Gasteiger charge is -2.23. The van der Waals surface area contributed by atoms with Crippen LogP contribution in [0, 0.1) is 13.8 Å². The van der Waals surface area contributed by atoms with Gasteiger partial charge < -0.3 is 14.7 Å². The number of anilines is 1. The van der Waals surface area contributed by atoms with E-state index in [1.54, 1.807) is 60.7 Å². The van der Waals surface area contributed by atoms with Crippen LogP contribution >= 0.6 is 0 Å². The molecule has 0 unspecified atom stereocenters. The van der Waals surface area contributed by atoms with Gasteiger partial charge in [0.2, 0.25) is 5.95 Å². The van der Waals surface area contributed by atoms with E-state index in [2.05, 4.69) is 40.9 Å². The van der Waals surface area contributed by atoms with E-state index in [-0.39, 0.29) is 35.7 Å². The molecule has 7 rings (SSSR count). The summed E-state index contributed by atoms with van der Waals surface area (Å²) >= 11 is 0. The minimum absolute atomic E-state index is 0.0835. The van der Waals surface area contributed by atoms with E-state index in [4.69, 9.17) is 44.9 Å². The lowest BCUT2D eigenvalue weighted by atomic mass is 10.1. The number of hydrogen-bond acceptors (Lipinski definition) is 25. The zero-order valence-corrected chi connectivity index (χ0v) is 46.9. The number of aromatic nitrogens is 3. The maximum Gasteiger partial charge on any atom is 0.425 e. The first kappa shape index (κ1) is 64.4. The highest BCUT2D eigenvalue weighted by atomic mass is 32.2. The fourth-order valence-electron chi connectivity index (χ4n) is 7.19. The highest BCUT2D eigenvalue weighted by Gasteiger charge is 2.19. The normalized spacial score (nSPS) is 11.5. The Morgan fingerprint density at radius 3 is 1.43 bits per heavy atom. The summed E-state index contributed by atoms with van der Waals surface area (Å²) in [7, 11) is -15.3. The molecule has 0 bridgehead atoms. The second kappa shape index (κ2) is 31.5. The molecule has 6 aromatic carbocycles. The molecule has 0 amide bonds. The highest BCUT2D eigenvalue weighted by Crippen LogP contribution is 2.33. The summed E-state index contributed by atoms with van der Waals surface area (Å²) in [5.41, 5.74) is 6.31. The lowest BCUT2D eigenvalue weighted by molar-refractivity contribution is -0.137. The van der Waals surface area contributed by atoms with Gasteiger partial charge in [0.1, 0.15) is 22.2 Å².